The first-order chi connectivity index (χ1) is 9.49. The molecule has 0 radical (unpaired) electrons. The predicted octanol–water partition coefficient (Wildman–Crippen LogP) is 4.02. The van der Waals surface area contributed by atoms with Gasteiger partial charge in [0.05, 0.1) is 17.9 Å². The largest absolute Gasteiger partial charge is 0.339 e. The molecule has 1 aromatic rings. The highest BCUT2D eigenvalue weighted by Gasteiger charge is 2.43. The van der Waals surface area contributed by atoms with E-state index in [1.54, 1.807) is 0 Å². The molecular formula is C16H23N3O. The minimum absolute atomic E-state index is 0.0972. The third-order valence-electron chi connectivity index (χ3n) is 5.05. The summed E-state index contributed by atoms with van der Waals surface area (Å²) in [4.78, 5) is 4.55. The summed E-state index contributed by atoms with van der Waals surface area (Å²) in [7, 11) is 0. The Morgan fingerprint density at radius 1 is 1.20 bits per heavy atom. The Morgan fingerprint density at radius 3 is 2.45 bits per heavy atom. The molecule has 1 aromatic heterocycles. The lowest BCUT2D eigenvalue weighted by atomic mass is 9.70. The summed E-state index contributed by atoms with van der Waals surface area (Å²) in [6, 6.07) is 2.27. The zero-order valence-electron chi connectivity index (χ0n) is 12.6. The molecule has 4 nitrogen and oxygen atoms in total. The van der Waals surface area contributed by atoms with Gasteiger partial charge in [0.15, 0.2) is 5.82 Å². The highest BCUT2D eigenvalue weighted by molar-refractivity contribution is 5.16. The maximum absolute atomic E-state index is 8.86. The average molecular weight is 273 g/mol. The third-order valence-corrected chi connectivity index (χ3v) is 5.05. The van der Waals surface area contributed by atoms with E-state index in [4.69, 9.17) is 9.78 Å². The zero-order chi connectivity index (χ0) is 14.3. The molecule has 0 saturated heterocycles. The monoisotopic (exact) mass is 273 g/mol. The molecule has 0 amide bonds. The zero-order valence-corrected chi connectivity index (χ0v) is 12.6. The fourth-order valence-corrected chi connectivity index (χ4v) is 3.39. The molecule has 2 atom stereocenters. The molecule has 4 heteroatoms. The van der Waals surface area contributed by atoms with E-state index in [-0.39, 0.29) is 11.8 Å². The molecule has 3 rings (SSSR count). The van der Waals surface area contributed by atoms with E-state index in [1.807, 2.05) is 0 Å². The van der Waals surface area contributed by atoms with Crippen molar-refractivity contribution in [3.8, 4) is 6.07 Å². The van der Waals surface area contributed by atoms with E-state index in [9.17, 15) is 0 Å². The van der Waals surface area contributed by atoms with Crippen molar-refractivity contribution in [1.82, 2.24) is 10.1 Å². The second-order valence-corrected chi connectivity index (χ2v) is 7.48. The Balaban J connectivity index is 1.60. The molecule has 0 aliphatic heterocycles. The van der Waals surface area contributed by atoms with Crippen molar-refractivity contribution in [2.75, 3.05) is 0 Å². The molecule has 0 spiro atoms. The lowest BCUT2D eigenvalue weighted by molar-refractivity contribution is 0.166. The van der Waals surface area contributed by atoms with Crippen LogP contribution in [0.15, 0.2) is 4.52 Å². The van der Waals surface area contributed by atoms with Gasteiger partial charge < -0.3 is 4.52 Å². The molecule has 0 aromatic carbocycles. The minimum Gasteiger partial charge on any atom is -0.339 e. The Kier molecular flexibility index (Phi) is 3.32. The Bertz CT molecular complexity index is 515. The van der Waals surface area contributed by atoms with Crippen molar-refractivity contribution < 1.29 is 4.52 Å². The number of aromatic nitrogens is 2. The van der Waals surface area contributed by atoms with Crippen LogP contribution in [0.1, 0.15) is 76.4 Å². The van der Waals surface area contributed by atoms with Crippen LogP contribution in [0.3, 0.4) is 0 Å². The van der Waals surface area contributed by atoms with Crippen LogP contribution in [0, 0.1) is 28.6 Å². The highest BCUT2D eigenvalue weighted by Crippen LogP contribution is 2.47. The summed E-state index contributed by atoms with van der Waals surface area (Å²) in [5.74, 6) is 3.11. The summed E-state index contributed by atoms with van der Waals surface area (Å²) in [6.07, 6.45) is 5.71. The molecule has 0 N–H and O–H groups in total. The fraction of sp³-hybridized carbons (Fsp3) is 0.812. The number of hydrogen-bond acceptors (Lipinski definition) is 4. The fourth-order valence-electron chi connectivity index (χ4n) is 3.39. The molecule has 108 valence electrons. The standard InChI is InChI=1S/C16H23N3O/c1-16(2,3)12-6-4-10(5-7-12)14-18-15(20-19-14)13-8-11(13)9-17/h10-13H,4-8H2,1-3H3. The van der Waals surface area contributed by atoms with E-state index in [0.29, 0.717) is 17.2 Å². The van der Waals surface area contributed by atoms with Gasteiger partial charge in [-0.05, 0) is 43.4 Å². The topological polar surface area (TPSA) is 62.7 Å². The highest BCUT2D eigenvalue weighted by atomic mass is 16.5. The molecule has 1 heterocycles. The van der Waals surface area contributed by atoms with Gasteiger partial charge >= 0.3 is 0 Å². The first-order valence-electron chi connectivity index (χ1n) is 7.72. The van der Waals surface area contributed by atoms with Crippen molar-refractivity contribution in [2.45, 2.75) is 64.7 Å². The molecule has 2 saturated carbocycles. The maximum Gasteiger partial charge on any atom is 0.231 e. The number of hydrogen-bond donors (Lipinski definition) is 0. The van der Waals surface area contributed by atoms with Crippen LogP contribution in [-0.4, -0.2) is 10.1 Å². The molecule has 2 fully saturated rings. The number of nitriles is 1. The first kappa shape index (κ1) is 13.6. The van der Waals surface area contributed by atoms with Gasteiger partial charge in [0, 0.05) is 5.92 Å². The smallest absolute Gasteiger partial charge is 0.231 e. The number of rotatable bonds is 2. The van der Waals surface area contributed by atoms with Gasteiger partial charge in [-0.3, -0.25) is 0 Å². The van der Waals surface area contributed by atoms with E-state index in [1.165, 1.54) is 12.8 Å². The van der Waals surface area contributed by atoms with Crippen molar-refractivity contribution in [2.24, 2.45) is 17.3 Å². The van der Waals surface area contributed by atoms with Gasteiger partial charge in [-0.1, -0.05) is 25.9 Å². The van der Waals surface area contributed by atoms with Crippen LogP contribution in [0.2, 0.25) is 0 Å². The van der Waals surface area contributed by atoms with Gasteiger partial charge in [0.25, 0.3) is 0 Å². The average Bonchev–Trinajstić information content (AvgIpc) is 3.05. The Morgan fingerprint density at radius 2 is 1.90 bits per heavy atom. The van der Waals surface area contributed by atoms with Crippen LogP contribution in [0.5, 0.6) is 0 Å². The summed E-state index contributed by atoms with van der Waals surface area (Å²) in [5, 5.41) is 13.0. The SMILES string of the molecule is CC(C)(C)C1CCC(c2noc(C3CC3C#N)n2)CC1. The first-order valence-corrected chi connectivity index (χ1v) is 7.72. The summed E-state index contributed by atoms with van der Waals surface area (Å²) in [5.41, 5.74) is 0.404. The van der Waals surface area contributed by atoms with E-state index in [2.05, 4.69) is 37.0 Å². The molecule has 2 aliphatic rings. The van der Waals surface area contributed by atoms with Crippen molar-refractivity contribution in [1.29, 1.82) is 5.26 Å². The van der Waals surface area contributed by atoms with Crippen LogP contribution in [-0.2, 0) is 0 Å². The molecular weight excluding hydrogens is 250 g/mol. The van der Waals surface area contributed by atoms with Gasteiger partial charge in [0.2, 0.25) is 5.89 Å². The van der Waals surface area contributed by atoms with Crippen LogP contribution in [0.25, 0.3) is 0 Å². The van der Waals surface area contributed by atoms with Crippen LogP contribution >= 0.6 is 0 Å². The molecule has 20 heavy (non-hydrogen) atoms. The Labute approximate surface area is 120 Å². The lowest BCUT2D eigenvalue weighted by Gasteiger charge is -2.36. The second kappa shape index (κ2) is 4.87. The number of nitrogens with zero attached hydrogens (tertiary/aromatic N) is 3. The van der Waals surface area contributed by atoms with E-state index < -0.39 is 0 Å². The van der Waals surface area contributed by atoms with Crippen molar-refractivity contribution in [3.05, 3.63) is 11.7 Å². The minimum atomic E-state index is 0.0972. The molecule has 2 aliphatic carbocycles. The van der Waals surface area contributed by atoms with Gasteiger partial charge in [-0.25, -0.2) is 0 Å². The molecule has 2 unspecified atom stereocenters. The van der Waals surface area contributed by atoms with Gasteiger partial charge in [-0.2, -0.15) is 10.2 Å². The maximum atomic E-state index is 8.86. The van der Waals surface area contributed by atoms with Crippen LogP contribution < -0.4 is 0 Å². The quantitative estimate of drug-likeness (QED) is 0.816. The van der Waals surface area contributed by atoms with Crippen molar-refractivity contribution in [3.63, 3.8) is 0 Å². The van der Waals surface area contributed by atoms with Crippen molar-refractivity contribution >= 4 is 0 Å². The van der Waals surface area contributed by atoms with E-state index >= 15 is 0 Å². The summed E-state index contributed by atoms with van der Waals surface area (Å²) >= 11 is 0. The third kappa shape index (κ3) is 2.59. The van der Waals surface area contributed by atoms with Gasteiger partial charge in [-0.15, -0.1) is 0 Å². The Hall–Kier alpha value is -1.37. The summed E-state index contributed by atoms with van der Waals surface area (Å²) < 4.78 is 5.36. The molecule has 0 bridgehead atoms. The normalized spacial score (nSPS) is 33.7. The predicted molar refractivity (Wildman–Crippen MR) is 74.9 cm³/mol. The summed E-state index contributed by atoms with van der Waals surface area (Å²) in [6.45, 7) is 7.00. The second-order valence-electron chi connectivity index (χ2n) is 7.48. The van der Waals surface area contributed by atoms with E-state index in [0.717, 1.165) is 31.0 Å². The van der Waals surface area contributed by atoms with Gasteiger partial charge in [0.1, 0.15) is 0 Å². The van der Waals surface area contributed by atoms with Crippen LogP contribution in [0.4, 0.5) is 0 Å². The lowest BCUT2D eigenvalue weighted by Crippen LogP contribution is -2.25.